The zero-order valence-corrected chi connectivity index (χ0v) is 38.2. The SMILES string of the molecule is c1ccc(-c2ccc(N(c3ccc(-c4ccccc4)cc3)c3ccc4oc5ccc(-c6ccc7c(c6)C6(c8ccccc8-7)c7ccccc7N(c7ccccc7)c7ccccc76)cc5c4c3)cc2)cc1. The summed E-state index contributed by atoms with van der Waals surface area (Å²) in [6.45, 7) is 0. The van der Waals surface area contributed by atoms with Crippen LogP contribution in [-0.4, -0.2) is 0 Å². The van der Waals surface area contributed by atoms with Crippen molar-refractivity contribution in [1.29, 1.82) is 0 Å². The summed E-state index contributed by atoms with van der Waals surface area (Å²) in [7, 11) is 0. The van der Waals surface area contributed by atoms with Crippen molar-refractivity contribution in [2.45, 2.75) is 5.41 Å². The summed E-state index contributed by atoms with van der Waals surface area (Å²) < 4.78 is 6.63. The molecule has 328 valence electrons. The molecule has 3 nitrogen and oxygen atoms in total. The Labute approximate surface area is 407 Å². The van der Waals surface area contributed by atoms with Crippen LogP contribution in [0.25, 0.3) is 66.4 Å². The van der Waals surface area contributed by atoms with E-state index < -0.39 is 5.41 Å². The Bertz CT molecular complexity index is 3800. The summed E-state index contributed by atoms with van der Waals surface area (Å²) in [5, 5.41) is 2.15. The third-order valence-corrected chi connectivity index (χ3v) is 14.7. The van der Waals surface area contributed by atoms with Crippen LogP contribution in [-0.2, 0) is 5.41 Å². The van der Waals surface area contributed by atoms with E-state index in [4.69, 9.17) is 4.42 Å². The number of para-hydroxylation sites is 3. The molecule has 0 atom stereocenters. The van der Waals surface area contributed by atoms with Crippen molar-refractivity contribution in [2.24, 2.45) is 0 Å². The van der Waals surface area contributed by atoms with Gasteiger partial charge in [-0.05, 0) is 152 Å². The molecule has 0 saturated heterocycles. The number of anilines is 6. The molecule has 1 aliphatic heterocycles. The molecule has 12 aromatic rings. The van der Waals surface area contributed by atoms with Crippen molar-refractivity contribution < 1.29 is 4.42 Å². The molecule has 11 aromatic carbocycles. The molecule has 1 aromatic heterocycles. The van der Waals surface area contributed by atoms with Crippen LogP contribution in [0.3, 0.4) is 0 Å². The Kier molecular flexibility index (Phi) is 9.11. The quantitative estimate of drug-likeness (QED) is 0.159. The summed E-state index contributed by atoms with van der Waals surface area (Å²) in [5.41, 5.74) is 22.7. The van der Waals surface area contributed by atoms with E-state index in [1.165, 1.54) is 67.0 Å². The highest BCUT2D eigenvalue weighted by Gasteiger charge is 2.51. The van der Waals surface area contributed by atoms with E-state index in [-0.39, 0.29) is 0 Å². The molecule has 0 fully saturated rings. The molecule has 0 unspecified atom stereocenters. The lowest BCUT2D eigenvalue weighted by Crippen LogP contribution is -2.36. The highest BCUT2D eigenvalue weighted by Crippen LogP contribution is 2.63. The second-order valence-electron chi connectivity index (χ2n) is 18.4. The third kappa shape index (κ3) is 6.15. The van der Waals surface area contributed by atoms with E-state index in [0.29, 0.717) is 0 Å². The van der Waals surface area contributed by atoms with Gasteiger partial charge in [-0.2, -0.15) is 0 Å². The third-order valence-electron chi connectivity index (χ3n) is 14.7. The largest absolute Gasteiger partial charge is 0.456 e. The maximum Gasteiger partial charge on any atom is 0.135 e. The fourth-order valence-corrected chi connectivity index (χ4v) is 11.5. The van der Waals surface area contributed by atoms with Gasteiger partial charge in [-0.25, -0.2) is 0 Å². The summed E-state index contributed by atoms with van der Waals surface area (Å²) in [4.78, 5) is 4.79. The topological polar surface area (TPSA) is 19.6 Å². The molecule has 0 saturated carbocycles. The van der Waals surface area contributed by atoms with Crippen molar-refractivity contribution in [3.8, 4) is 44.5 Å². The van der Waals surface area contributed by atoms with Crippen LogP contribution in [0.2, 0.25) is 0 Å². The van der Waals surface area contributed by atoms with Gasteiger partial charge in [-0.1, -0.05) is 182 Å². The van der Waals surface area contributed by atoms with Gasteiger partial charge in [0.25, 0.3) is 0 Å². The van der Waals surface area contributed by atoms with Gasteiger partial charge in [0, 0.05) is 33.5 Å². The first-order valence-corrected chi connectivity index (χ1v) is 24.1. The lowest BCUT2D eigenvalue weighted by atomic mass is 9.64. The van der Waals surface area contributed by atoms with E-state index in [2.05, 4.69) is 277 Å². The Hall–Kier alpha value is -9.18. The Morgan fingerprint density at radius 2 is 0.729 bits per heavy atom. The highest BCUT2D eigenvalue weighted by molar-refractivity contribution is 6.08. The van der Waals surface area contributed by atoms with Gasteiger partial charge < -0.3 is 14.2 Å². The first-order valence-electron chi connectivity index (χ1n) is 24.1. The van der Waals surface area contributed by atoms with Gasteiger partial charge in [-0.15, -0.1) is 0 Å². The van der Waals surface area contributed by atoms with E-state index in [1.54, 1.807) is 0 Å². The highest BCUT2D eigenvalue weighted by atomic mass is 16.3. The summed E-state index contributed by atoms with van der Waals surface area (Å²) in [6.07, 6.45) is 0. The van der Waals surface area contributed by atoms with Crippen LogP contribution >= 0.6 is 0 Å². The van der Waals surface area contributed by atoms with Crippen molar-refractivity contribution in [3.63, 3.8) is 0 Å². The average Bonchev–Trinajstić information content (AvgIpc) is 3.95. The molecule has 2 heterocycles. The lowest BCUT2D eigenvalue weighted by Gasteiger charge is -2.45. The number of fused-ring (bicyclic) bond motifs is 12. The first-order chi connectivity index (χ1) is 34.7. The normalized spacial score (nSPS) is 12.9. The van der Waals surface area contributed by atoms with Crippen LogP contribution in [0.15, 0.2) is 271 Å². The van der Waals surface area contributed by atoms with Crippen molar-refractivity contribution in [1.82, 2.24) is 0 Å². The van der Waals surface area contributed by atoms with Crippen LogP contribution < -0.4 is 9.80 Å². The number of nitrogens with zero attached hydrogens (tertiary/aromatic N) is 2. The van der Waals surface area contributed by atoms with E-state index in [0.717, 1.165) is 55.8 Å². The zero-order chi connectivity index (χ0) is 46.2. The van der Waals surface area contributed by atoms with Crippen molar-refractivity contribution in [2.75, 3.05) is 9.80 Å². The average molecular weight is 893 g/mol. The monoisotopic (exact) mass is 892 g/mol. The molecule has 14 rings (SSSR count). The molecule has 2 aliphatic rings. The molecule has 70 heavy (non-hydrogen) atoms. The first kappa shape index (κ1) is 39.9. The smallest absolute Gasteiger partial charge is 0.135 e. The van der Waals surface area contributed by atoms with Crippen LogP contribution in [0.1, 0.15) is 22.3 Å². The Morgan fingerprint density at radius 3 is 1.34 bits per heavy atom. The van der Waals surface area contributed by atoms with E-state index in [1.807, 2.05) is 0 Å². The van der Waals surface area contributed by atoms with Crippen molar-refractivity contribution >= 4 is 56.1 Å². The zero-order valence-electron chi connectivity index (χ0n) is 38.2. The van der Waals surface area contributed by atoms with E-state index in [9.17, 15) is 0 Å². The minimum Gasteiger partial charge on any atom is -0.456 e. The number of furan rings is 1. The Balaban J connectivity index is 0.912. The van der Waals surface area contributed by atoms with Gasteiger partial charge in [0.05, 0.1) is 16.8 Å². The molecular formula is C67H44N2O. The predicted octanol–water partition coefficient (Wildman–Crippen LogP) is 18.2. The molecule has 0 radical (unpaired) electrons. The van der Waals surface area contributed by atoms with Crippen LogP contribution in [0, 0.1) is 0 Å². The summed E-state index contributed by atoms with van der Waals surface area (Å²) in [6, 6.07) is 97.2. The maximum absolute atomic E-state index is 6.63. The molecular weight excluding hydrogens is 849 g/mol. The fraction of sp³-hybridized carbons (Fsp3) is 0.0149. The number of benzene rings is 11. The van der Waals surface area contributed by atoms with Gasteiger partial charge in [-0.3, -0.25) is 0 Å². The molecule has 1 aliphatic carbocycles. The molecule has 0 N–H and O–H groups in total. The van der Waals surface area contributed by atoms with Gasteiger partial charge >= 0.3 is 0 Å². The maximum atomic E-state index is 6.63. The standard InChI is InChI=1S/C67H44N2O/c1-4-16-45(17-5-1)47-28-34-52(35-29-47)68(53-36-30-48(31-37-53)46-18-6-2-7-19-46)54-38-41-66-58(44-54)57-42-49(33-40-65(57)70-66)50-32-39-56-55-22-10-11-23-59(55)67(62(56)43-50)60-24-12-14-26-63(60)69(51-20-8-3-9-21-51)64-27-15-13-25-61(64)67/h1-44H. The molecule has 3 heteroatoms. The van der Waals surface area contributed by atoms with Crippen LogP contribution in [0.5, 0.6) is 0 Å². The molecule has 0 bridgehead atoms. The van der Waals surface area contributed by atoms with Crippen LogP contribution in [0.4, 0.5) is 34.1 Å². The molecule has 0 amide bonds. The molecule has 1 spiro atoms. The predicted molar refractivity (Wildman–Crippen MR) is 290 cm³/mol. The van der Waals surface area contributed by atoms with Gasteiger partial charge in [0.1, 0.15) is 11.2 Å². The lowest BCUT2D eigenvalue weighted by molar-refractivity contribution is 0.669. The number of hydrogen-bond donors (Lipinski definition) is 0. The summed E-state index contributed by atoms with van der Waals surface area (Å²) in [5.74, 6) is 0. The minimum atomic E-state index is -0.538. The number of rotatable bonds is 7. The minimum absolute atomic E-state index is 0.538. The Morgan fingerprint density at radius 1 is 0.300 bits per heavy atom. The van der Waals surface area contributed by atoms with Crippen molar-refractivity contribution in [3.05, 3.63) is 289 Å². The van der Waals surface area contributed by atoms with Gasteiger partial charge in [0.2, 0.25) is 0 Å². The fourth-order valence-electron chi connectivity index (χ4n) is 11.5. The summed E-state index contributed by atoms with van der Waals surface area (Å²) >= 11 is 0. The second-order valence-corrected chi connectivity index (χ2v) is 18.4. The van der Waals surface area contributed by atoms with Gasteiger partial charge in [0.15, 0.2) is 0 Å². The number of hydrogen-bond acceptors (Lipinski definition) is 3. The second kappa shape index (κ2) is 16.0. The van der Waals surface area contributed by atoms with E-state index >= 15 is 0 Å².